The second-order valence-corrected chi connectivity index (χ2v) is 6.32. The summed E-state index contributed by atoms with van der Waals surface area (Å²) in [6.07, 6.45) is 8.65. The molecule has 0 spiro atoms. The number of nitrogens with two attached hydrogens (primary N) is 2. The number of nitrogen functional groups attached to an aromatic ring is 1. The zero-order valence-electron chi connectivity index (χ0n) is 15.1. The lowest BCUT2D eigenvalue weighted by Crippen LogP contribution is -2.39. The van der Waals surface area contributed by atoms with Crippen LogP contribution in [0.1, 0.15) is 50.7 Å². The molecule has 0 bridgehead atoms. The van der Waals surface area contributed by atoms with E-state index in [9.17, 15) is 0 Å². The van der Waals surface area contributed by atoms with Crippen LogP contribution < -0.4 is 11.5 Å². The normalized spacial score (nSPS) is 20.6. The fourth-order valence-corrected chi connectivity index (χ4v) is 3.05. The molecule has 132 valence electrons. The highest BCUT2D eigenvalue weighted by atomic mass is 16.7. The van der Waals surface area contributed by atoms with Crippen LogP contribution in [0.3, 0.4) is 0 Å². The second-order valence-electron chi connectivity index (χ2n) is 6.32. The van der Waals surface area contributed by atoms with Crippen LogP contribution >= 0.6 is 0 Å². The zero-order chi connectivity index (χ0) is 17.6. The van der Waals surface area contributed by atoms with Crippen molar-refractivity contribution in [3.63, 3.8) is 0 Å². The van der Waals surface area contributed by atoms with Crippen LogP contribution in [0.15, 0.2) is 36.0 Å². The maximum atomic E-state index is 6.15. The number of allylic oxidation sites excluding steroid dienone is 2. The van der Waals surface area contributed by atoms with Gasteiger partial charge in [0, 0.05) is 30.5 Å². The molecule has 1 aromatic rings. The van der Waals surface area contributed by atoms with Crippen molar-refractivity contribution in [2.45, 2.75) is 51.7 Å². The SMILES string of the molecule is CCCCc1cc(C2=CC=C(N)CC2(OC)OCCC)ccc1N. The molecule has 0 amide bonds. The molecule has 1 aromatic carbocycles. The van der Waals surface area contributed by atoms with Crippen molar-refractivity contribution in [2.75, 3.05) is 19.5 Å². The molecule has 0 saturated carbocycles. The Kier molecular flexibility index (Phi) is 6.46. The zero-order valence-corrected chi connectivity index (χ0v) is 15.1. The van der Waals surface area contributed by atoms with Gasteiger partial charge < -0.3 is 20.9 Å². The summed E-state index contributed by atoms with van der Waals surface area (Å²) in [5.74, 6) is -0.826. The van der Waals surface area contributed by atoms with E-state index in [1.165, 1.54) is 5.56 Å². The third-order valence-corrected chi connectivity index (χ3v) is 4.43. The highest BCUT2D eigenvalue weighted by Crippen LogP contribution is 2.39. The van der Waals surface area contributed by atoms with Crippen LogP contribution in [0.25, 0.3) is 5.57 Å². The van der Waals surface area contributed by atoms with Gasteiger partial charge >= 0.3 is 0 Å². The molecule has 4 nitrogen and oxygen atoms in total. The molecule has 4 heteroatoms. The lowest BCUT2D eigenvalue weighted by molar-refractivity contribution is -0.179. The average Bonchev–Trinajstić information content (AvgIpc) is 2.59. The lowest BCUT2D eigenvalue weighted by atomic mass is 9.88. The highest BCUT2D eigenvalue weighted by Gasteiger charge is 2.38. The second kappa shape index (κ2) is 8.36. The highest BCUT2D eigenvalue weighted by molar-refractivity contribution is 5.76. The first kappa shape index (κ1) is 18.6. The summed E-state index contributed by atoms with van der Waals surface area (Å²) < 4.78 is 11.9. The fourth-order valence-electron chi connectivity index (χ4n) is 3.05. The molecule has 1 aliphatic carbocycles. The van der Waals surface area contributed by atoms with Gasteiger partial charge in [-0.05, 0) is 48.6 Å². The van der Waals surface area contributed by atoms with Crippen molar-refractivity contribution >= 4 is 11.3 Å². The first-order valence-corrected chi connectivity index (χ1v) is 8.81. The van der Waals surface area contributed by atoms with Crippen LogP contribution in [-0.2, 0) is 15.9 Å². The Morgan fingerprint density at radius 2 is 1.92 bits per heavy atom. The van der Waals surface area contributed by atoms with Gasteiger partial charge in [-0.1, -0.05) is 32.4 Å². The number of unbranched alkanes of at least 4 members (excludes halogenated alkanes) is 1. The predicted octanol–water partition coefficient (Wildman–Crippen LogP) is 4.01. The molecule has 0 aliphatic heterocycles. The smallest absolute Gasteiger partial charge is 0.200 e. The van der Waals surface area contributed by atoms with Gasteiger partial charge in [-0.3, -0.25) is 0 Å². The summed E-state index contributed by atoms with van der Waals surface area (Å²) in [4.78, 5) is 0. The summed E-state index contributed by atoms with van der Waals surface area (Å²) in [5, 5.41) is 0. The molecule has 0 fully saturated rings. The molecule has 4 N–H and O–H groups in total. The summed E-state index contributed by atoms with van der Waals surface area (Å²) in [6.45, 7) is 4.89. The van der Waals surface area contributed by atoms with Crippen LogP contribution in [0.2, 0.25) is 0 Å². The molecule has 0 saturated heterocycles. The number of hydrogen-bond acceptors (Lipinski definition) is 4. The first-order chi connectivity index (χ1) is 11.6. The van der Waals surface area contributed by atoms with E-state index in [1.807, 2.05) is 24.3 Å². The largest absolute Gasteiger partial charge is 0.402 e. The molecular formula is C20H30N2O2. The Morgan fingerprint density at radius 1 is 1.12 bits per heavy atom. The monoisotopic (exact) mass is 330 g/mol. The Hall–Kier alpha value is -1.78. The van der Waals surface area contributed by atoms with E-state index >= 15 is 0 Å². The number of anilines is 1. The van der Waals surface area contributed by atoms with Crippen molar-refractivity contribution < 1.29 is 9.47 Å². The van der Waals surface area contributed by atoms with E-state index in [2.05, 4.69) is 19.9 Å². The van der Waals surface area contributed by atoms with E-state index in [0.29, 0.717) is 13.0 Å². The Balaban J connectivity index is 2.42. The number of ether oxygens (including phenoxy) is 2. The maximum Gasteiger partial charge on any atom is 0.200 e. The number of rotatable bonds is 8. The summed E-state index contributed by atoms with van der Waals surface area (Å²) in [5.41, 5.74) is 17.1. The quantitative estimate of drug-likeness (QED) is 0.558. The fraction of sp³-hybridized carbons (Fsp3) is 0.500. The third-order valence-electron chi connectivity index (χ3n) is 4.43. The molecule has 2 rings (SSSR count). The van der Waals surface area contributed by atoms with Gasteiger partial charge in [0.05, 0.1) is 6.61 Å². The minimum absolute atomic E-state index is 0.532. The standard InChI is InChI=1S/C20H30N2O2/c1-4-6-7-16-13-15(8-11-19(16)22)18-10-9-17(21)14-20(18,23-3)24-12-5-2/h8-11,13H,4-7,12,14,21-22H2,1-3H3. The van der Waals surface area contributed by atoms with Crippen LogP contribution in [0.5, 0.6) is 0 Å². The van der Waals surface area contributed by atoms with Gasteiger partial charge in [0.15, 0.2) is 0 Å². The van der Waals surface area contributed by atoms with Crippen molar-refractivity contribution in [2.24, 2.45) is 5.73 Å². The predicted molar refractivity (Wildman–Crippen MR) is 100 cm³/mol. The average molecular weight is 330 g/mol. The Labute approximate surface area is 145 Å². The summed E-state index contributed by atoms with van der Waals surface area (Å²) >= 11 is 0. The molecule has 24 heavy (non-hydrogen) atoms. The summed E-state index contributed by atoms with van der Waals surface area (Å²) in [7, 11) is 1.68. The van der Waals surface area contributed by atoms with Gasteiger partial charge in [0.1, 0.15) is 0 Å². The van der Waals surface area contributed by atoms with Gasteiger partial charge in [-0.25, -0.2) is 0 Å². The van der Waals surface area contributed by atoms with Crippen molar-refractivity contribution in [3.05, 3.63) is 47.2 Å². The molecule has 0 aromatic heterocycles. The Bertz CT molecular complexity index is 622. The van der Waals surface area contributed by atoms with E-state index in [-0.39, 0.29) is 0 Å². The van der Waals surface area contributed by atoms with E-state index in [1.54, 1.807) is 7.11 Å². The minimum atomic E-state index is -0.826. The molecule has 1 unspecified atom stereocenters. The summed E-state index contributed by atoms with van der Waals surface area (Å²) in [6, 6.07) is 6.17. The maximum absolute atomic E-state index is 6.15. The van der Waals surface area contributed by atoms with E-state index in [4.69, 9.17) is 20.9 Å². The van der Waals surface area contributed by atoms with Gasteiger partial charge in [-0.15, -0.1) is 0 Å². The number of benzene rings is 1. The van der Waals surface area contributed by atoms with Gasteiger partial charge in [-0.2, -0.15) is 0 Å². The van der Waals surface area contributed by atoms with Crippen molar-refractivity contribution in [1.82, 2.24) is 0 Å². The van der Waals surface area contributed by atoms with Crippen molar-refractivity contribution in [1.29, 1.82) is 0 Å². The molecule has 1 aliphatic rings. The van der Waals surface area contributed by atoms with E-state index < -0.39 is 5.79 Å². The van der Waals surface area contributed by atoms with Crippen LogP contribution in [-0.4, -0.2) is 19.5 Å². The van der Waals surface area contributed by atoms with Crippen LogP contribution in [0.4, 0.5) is 5.69 Å². The van der Waals surface area contributed by atoms with Gasteiger partial charge in [0.25, 0.3) is 0 Å². The number of hydrogen-bond donors (Lipinski definition) is 2. The molecule has 1 atom stereocenters. The van der Waals surface area contributed by atoms with Crippen LogP contribution in [0, 0.1) is 0 Å². The van der Waals surface area contributed by atoms with E-state index in [0.717, 1.165) is 48.2 Å². The number of methoxy groups -OCH3 is 1. The molecule has 0 heterocycles. The Morgan fingerprint density at radius 3 is 2.58 bits per heavy atom. The first-order valence-electron chi connectivity index (χ1n) is 8.81. The van der Waals surface area contributed by atoms with Crippen molar-refractivity contribution in [3.8, 4) is 0 Å². The third kappa shape index (κ3) is 4.00. The minimum Gasteiger partial charge on any atom is -0.402 e. The van der Waals surface area contributed by atoms with Gasteiger partial charge in [0.2, 0.25) is 5.79 Å². The lowest BCUT2D eigenvalue weighted by Gasteiger charge is -2.37. The molecular weight excluding hydrogens is 300 g/mol. The number of aryl methyl sites for hydroxylation is 1. The topological polar surface area (TPSA) is 70.5 Å². The molecule has 0 radical (unpaired) electrons.